The molecule has 1 fully saturated rings. The zero-order chi connectivity index (χ0) is 12.8. The minimum atomic E-state index is -0.628. The van der Waals surface area contributed by atoms with Gasteiger partial charge >= 0.3 is 0 Å². The quantitative estimate of drug-likeness (QED) is 0.746. The Hall–Kier alpha value is -1.08. The van der Waals surface area contributed by atoms with Gasteiger partial charge in [-0.3, -0.25) is 0 Å². The molecule has 4 atom stereocenters. The lowest BCUT2D eigenvalue weighted by atomic mass is 9.56. The van der Waals surface area contributed by atoms with Crippen LogP contribution in [0.15, 0.2) is 48.6 Å². The molecule has 1 heteroatoms. The van der Waals surface area contributed by atoms with Gasteiger partial charge < -0.3 is 5.11 Å². The van der Waals surface area contributed by atoms with Crippen molar-refractivity contribution >= 4 is 0 Å². The summed E-state index contributed by atoms with van der Waals surface area (Å²) in [5.74, 6) is 2.44. The van der Waals surface area contributed by atoms with Gasteiger partial charge in [0, 0.05) is 5.92 Å². The number of hydrogen-bond acceptors (Lipinski definition) is 1. The van der Waals surface area contributed by atoms with E-state index in [9.17, 15) is 5.11 Å². The Morgan fingerprint density at radius 2 is 1.28 bits per heavy atom. The Labute approximate surface area is 110 Å². The van der Waals surface area contributed by atoms with E-state index in [0.717, 1.165) is 0 Å². The van der Waals surface area contributed by atoms with E-state index in [1.807, 2.05) is 13.8 Å². The standard InChI is InChI=1S/C17H22O/c1-17(2,18)16-14-9-5-3-7-12(14)11-13-8-4-6-10-15(13)16/h3-10,12-16,18H,11H2,1-2H3. The molecule has 0 saturated heterocycles. The molecule has 0 radical (unpaired) electrons. The van der Waals surface area contributed by atoms with E-state index in [0.29, 0.717) is 29.6 Å². The van der Waals surface area contributed by atoms with E-state index >= 15 is 0 Å². The van der Waals surface area contributed by atoms with Gasteiger partial charge in [0.05, 0.1) is 5.60 Å². The molecule has 4 unspecified atom stereocenters. The third kappa shape index (κ3) is 1.91. The van der Waals surface area contributed by atoms with E-state index in [4.69, 9.17) is 0 Å². The Balaban J connectivity index is 1.99. The fourth-order valence-corrected chi connectivity index (χ4v) is 4.10. The second-order valence-electron chi connectivity index (χ2n) is 6.44. The monoisotopic (exact) mass is 242 g/mol. The SMILES string of the molecule is CC(C)(O)C1C2C=CC=CC2CC2C=CC=CC21. The lowest BCUT2D eigenvalue weighted by Gasteiger charge is -2.50. The van der Waals surface area contributed by atoms with Crippen molar-refractivity contribution < 1.29 is 5.11 Å². The van der Waals surface area contributed by atoms with Gasteiger partial charge in [0.15, 0.2) is 0 Å². The molecule has 3 rings (SSSR count). The normalized spacial score (nSPS) is 41.6. The zero-order valence-electron chi connectivity index (χ0n) is 11.2. The fraction of sp³-hybridized carbons (Fsp3) is 0.529. The van der Waals surface area contributed by atoms with Gasteiger partial charge in [-0.2, -0.15) is 0 Å². The molecular formula is C17H22O. The molecule has 0 spiro atoms. The van der Waals surface area contributed by atoms with Crippen molar-refractivity contribution in [3.8, 4) is 0 Å². The summed E-state index contributed by atoms with van der Waals surface area (Å²) >= 11 is 0. The van der Waals surface area contributed by atoms with Crippen LogP contribution in [-0.4, -0.2) is 10.7 Å². The number of hydrogen-bond donors (Lipinski definition) is 1. The van der Waals surface area contributed by atoms with Crippen LogP contribution >= 0.6 is 0 Å². The summed E-state index contributed by atoms with van der Waals surface area (Å²) in [5.41, 5.74) is -0.628. The van der Waals surface area contributed by atoms with Crippen molar-refractivity contribution in [2.24, 2.45) is 29.6 Å². The maximum atomic E-state index is 10.6. The van der Waals surface area contributed by atoms with E-state index in [2.05, 4.69) is 48.6 Å². The molecule has 0 aromatic carbocycles. The van der Waals surface area contributed by atoms with Crippen molar-refractivity contribution in [3.63, 3.8) is 0 Å². The molecule has 1 nitrogen and oxygen atoms in total. The van der Waals surface area contributed by atoms with Crippen LogP contribution in [-0.2, 0) is 0 Å². The highest BCUT2D eigenvalue weighted by atomic mass is 16.3. The molecule has 1 saturated carbocycles. The molecule has 3 aliphatic carbocycles. The molecule has 0 heterocycles. The second kappa shape index (κ2) is 4.24. The van der Waals surface area contributed by atoms with E-state index < -0.39 is 5.60 Å². The van der Waals surface area contributed by atoms with E-state index in [1.54, 1.807) is 0 Å². The smallest absolute Gasteiger partial charge is 0.0631 e. The third-order valence-corrected chi connectivity index (χ3v) is 4.78. The maximum Gasteiger partial charge on any atom is 0.0631 e. The Bertz CT molecular complexity index is 399. The lowest BCUT2D eigenvalue weighted by Crippen LogP contribution is -2.49. The molecule has 1 N–H and O–H groups in total. The molecule has 0 aliphatic heterocycles. The molecule has 0 bridgehead atoms. The van der Waals surface area contributed by atoms with Crippen LogP contribution in [0.1, 0.15) is 20.3 Å². The summed E-state index contributed by atoms with van der Waals surface area (Å²) in [4.78, 5) is 0. The van der Waals surface area contributed by atoms with Crippen molar-refractivity contribution in [3.05, 3.63) is 48.6 Å². The topological polar surface area (TPSA) is 20.2 Å². The van der Waals surface area contributed by atoms with E-state index in [-0.39, 0.29) is 0 Å². The van der Waals surface area contributed by atoms with Crippen molar-refractivity contribution in [2.45, 2.75) is 25.9 Å². The predicted molar refractivity (Wildman–Crippen MR) is 74.9 cm³/mol. The number of allylic oxidation sites excluding steroid dienone is 8. The molecule has 18 heavy (non-hydrogen) atoms. The molecule has 96 valence electrons. The molecule has 0 aromatic rings. The van der Waals surface area contributed by atoms with Gasteiger partial charge in [0.2, 0.25) is 0 Å². The summed E-state index contributed by atoms with van der Waals surface area (Å²) in [6.07, 6.45) is 19.1. The highest BCUT2D eigenvalue weighted by molar-refractivity contribution is 5.25. The van der Waals surface area contributed by atoms with Crippen LogP contribution in [0.4, 0.5) is 0 Å². The molecule has 3 aliphatic rings. The highest BCUT2D eigenvalue weighted by Crippen LogP contribution is 2.50. The second-order valence-corrected chi connectivity index (χ2v) is 6.44. The van der Waals surface area contributed by atoms with Crippen LogP contribution < -0.4 is 0 Å². The predicted octanol–water partition coefficient (Wildman–Crippen LogP) is 3.49. The van der Waals surface area contributed by atoms with Gasteiger partial charge in [0.25, 0.3) is 0 Å². The summed E-state index contributed by atoms with van der Waals surface area (Å²) in [7, 11) is 0. The van der Waals surface area contributed by atoms with Crippen molar-refractivity contribution in [1.82, 2.24) is 0 Å². The van der Waals surface area contributed by atoms with E-state index in [1.165, 1.54) is 6.42 Å². The van der Waals surface area contributed by atoms with Gasteiger partial charge in [-0.05, 0) is 43.9 Å². The minimum absolute atomic E-state index is 0.309. The van der Waals surface area contributed by atoms with Crippen molar-refractivity contribution in [1.29, 1.82) is 0 Å². The first-order chi connectivity index (χ1) is 8.57. The number of fused-ring (bicyclic) bond motifs is 2. The molecule has 0 amide bonds. The first-order valence-corrected chi connectivity index (χ1v) is 7.00. The maximum absolute atomic E-state index is 10.6. The van der Waals surface area contributed by atoms with Crippen LogP contribution in [0.5, 0.6) is 0 Å². The minimum Gasteiger partial charge on any atom is -0.390 e. The summed E-state index contributed by atoms with van der Waals surface area (Å²) < 4.78 is 0. The zero-order valence-corrected chi connectivity index (χ0v) is 11.2. The van der Waals surface area contributed by atoms with Gasteiger partial charge in [-0.25, -0.2) is 0 Å². The Morgan fingerprint density at radius 1 is 0.833 bits per heavy atom. The van der Waals surface area contributed by atoms with Gasteiger partial charge in [-0.15, -0.1) is 0 Å². The largest absolute Gasteiger partial charge is 0.390 e. The molecular weight excluding hydrogens is 220 g/mol. The first-order valence-electron chi connectivity index (χ1n) is 7.00. The fourth-order valence-electron chi connectivity index (χ4n) is 4.10. The van der Waals surface area contributed by atoms with Crippen LogP contribution in [0.3, 0.4) is 0 Å². The summed E-state index contributed by atoms with van der Waals surface area (Å²) in [5, 5.41) is 10.6. The van der Waals surface area contributed by atoms with Crippen molar-refractivity contribution in [2.75, 3.05) is 0 Å². The first kappa shape index (κ1) is 12.0. The van der Waals surface area contributed by atoms with Gasteiger partial charge in [0.1, 0.15) is 0 Å². The summed E-state index contributed by atoms with van der Waals surface area (Å²) in [6.45, 7) is 3.94. The van der Waals surface area contributed by atoms with Crippen LogP contribution in [0, 0.1) is 29.6 Å². The molecule has 0 aromatic heterocycles. The Morgan fingerprint density at radius 3 is 1.72 bits per heavy atom. The summed E-state index contributed by atoms with van der Waals surface area (Å²) in [6, 6.07) is 0. The van der Waals surface area contributed by atoms with Crippen LogP contribution in [0.2, 0.25) is 0 Å². The third-order valence-electron chi connectivity index (χ3n) is 4.78. The lowest BCUT2D eigenvalue weighted by molar-refractivity contribution is -0.0561. The number of rotatable bonds is 1. The van der Waals surface area contributed by atoms with Crippen LogP contribution in [0.25, 0.3) is 0 Å². The average Bonchev–Trinajstić information content (AvgIpc) is 2.34. The highest BCUT2D eigenvalue weighted by Gasteiger charge is 2.47. The average molecular weight is 242 g/mol. The number of aliphatic hydroxyl groups is 1. The Kier molecular flexibility index (Phi) is 2.82. The van der Waals surface area contributed by atoms with Gasteiger partial charge in [-0.1, -0.05) is 48.6 Å².